The highest BCUT2D eigenvalue weighted by Gasteiger charge is 2.29. The van der Waals surface area contributed by atoms with Crippen molar-refractivity contribution in [1.29, 1.82) is 0 Å². The number of nitrogens with one attached hydrogen (secondary N) is 1. The summed E-state index contributed by atoms with van der Waals surface area (Å²) in [5, 5.41) is 3.49. The normalized spacial score (nSPS) is 24.2. The van der Waals surface area contributed by atoms with Crippen LogP contribution in [0.15, 0.2) is 17.0 Å². The third kappa shape index (κ3) is 1.96. The Balaban J connectivity index is 1.93. The quantitative estimate of drug-likeness (QED) is 0.853. The van der Waals surface area contributed by atoms with Crippen molar-refractivity contribution in [3.8, 4) is 0 Å². The first-order valence-electron chi connectivity index (χ1n) is 5.62. The van der Waals surface area contributed by atoms with E-state index in [4.69, 9.17) is 0 Å². The van der Waals surface area contributed by atoms with Crippen LogP contribution >= 0.6 is 11.8 Å². The summed E-state index contributed by atoms with van der Waals surface area (Å²) in [5.74, 6) is -0.496. The number of thioether (sulfide) groups is 1. The van der Waals surface area contributed by atoms with Gasteiger partial charge in [0.15, 0.2) is 11.6 Å². The molecule has 86 valence electrons. The summed E-state index contributed by atoms with van der Waals surface area (Å²) in [5.41, 5.74) is 0.932. The van der Waals surface area contributed by atoms with Crippen molar-refractivity contribution in [2.75, 3.05) is 5.75 Å². The van der Waals surface area contributed by atoms with Gasteiger partial charge >= 0.3 is 0 Å². The fourth-order valence-corrected chi connectivity index (χ4v) is 3.22. The minimum atomic E-state index is -0.738. The summed E-state index contributed by atoms with van der Waals surface area (Å²) in [6.45, 7) is 0. The molecule has 0 aromatic heterocycles. The molecule has 0 bridgehead atoms. The Morgan fingerprint density at radius 2 is 1.88 bits per heavy atom. The van der Waals surface area contributed by atoms with Crippen LogP contribution in [-0.4, -0.2) is 11.8 Å². The van der Waals surface area contributed by atoms with E-state index < -0.39 is 11.6 Å². The van der Waals surface area contributed by atoms with E-state index in [0.717, 1.165) is 22.6 Å². The van der Waals surface area contributed by atoms with Crippen LogP contribution in [0.5, 0.6) is 0 Å². The van der Waals surface area contributed by atoms with Gasteiger partial charge in [0.25, 0.3) is 0 Å². The lowest BCUT2D eigenvalue weighted by Gasteiger charge is -2.26. The lowest BCUT2D eigenvalue weighted by atomic mass is 10.0. The lowest BCUT2D eigenvalue weighted by Crippen LogP contribution is -2.26. The minimum Gasteiger partial charge on any atom is -0.307 e. The third-order valence-corrected chi connectivity index (χ3v) is 4.21. The molecule has 1 atom stereocenters. The van der Waals surface area contributed by atoms with Crippen LogP contribution < -0.4 is 5.32 Å². The molecule has 1 saturated carbocycles. The Kier molecular flexibility index (Phi) is 2.64. The second-order valence-electron chi connectivity index (χ2n) is 4.43. The fourth-order valence-electron chi connectivity index (χ4n) is 2.09. The van der Waals surface area contributed by atoms with E-state index in [-0.39, 0.29) is 6.04 Å². The second kappa shape index (κ2) is 4.00. The van der Waals surface area contributed by atoms with Crippen molar-refractivity contribution in [3.63, 3.8) is 0 Å². The molecule has 16 heavy (non-hydrogen) atoms. The Bertz CT molecular complexity index is 418. The molecule has 1 aromatic carbocycles. The lowest BCUT2D eigenvalue weighted by molar-refractivity contribution is 0.478. The summed E-state index contributed by atoms with van der Waals surface area (Å²) in [6.07, 6.45) is 3.42. The van der Waals surface area contributed by atoms with Gasteiger partial charge in [0.05, 0.1) is 0 Å². The average Bonchev–Trinajstić information content (AvgIpc) is 3.05. The van der Waals surface area contributed by atoms with Crippen molar-refractivity contribution in [2.24, 2.45) is 0 Å². The largest absolute Gasteiger partial charge is 0.307 e. The highest BCUT2D eigenvalue weighted by Crippen LogP contribution is 2.38. The van der Waals surface area contributed by atoms with Gasteiger partial charge in [-0.25, -0.2) is 8.78 Å². The molecular formula is C12H13F2NS. The second-order valence-corrected chi connectivity index (χ2v) is 5.57. The van der Waals surface area contributed by atoms with Gasteiger partial charge in [-0.3, -0.25) is 0 Å². The predicted molar refractivity (Wildman–Crippen MR) is 60.6 cm³/mol. The summed E-state index contributed by atoms with van der Waals surface area (Å²) >= 11 is 1.62. The fraction of sp³-hybridized carbons (Fsp3) is 0.500. The molecule has 3 rings (SSSR count). The molecular weight excluding hydrogens is 228 g/mol. The number of benzene rings is 1. The van der Waals surface area contributed by atoms with Crippen molar-refractivity contribution < 1.29 is 8.78 Å². The van der Waals surface area contributed by atoms with E-state index in [1.807, 2.05) is 0 Å². The number of hydrogen-bond donors (Lipinski definition) is 1. The molecule has 1 N–H and O–H groups in total. The first kappa shape index (κ1) is 10.5. The van der Waals surface area contributed by atoms with Crippen LogP contribution in [0.4, 0.5) is 8.78 Å². The van der Waals surface area contributed by atoms with Crippen LogP contribution in [0.3, 0.4) is 0 Å². The highest BCUT2D eigenvalue weighted by molar-refractivity contribution is 7.99. The third-order valence-electron chi connectivity index (χ3n) is 3.11. The van der Waals surface area contributed by atoms with Gasteiger partial charge in [-0.1, -0.05) is 0 Å². The zero-order chi connectivity index (χ0) is 11.1. The Hall–Kier alpha value is -0.610. The molecule has 0 saturated heterocycles. The Morgan fingerprint density at radius 3 is 2.62 bits per heavy atom. The first-order valence-corrected chi connectivity index (χ1v) is 6.60. The zero-order valence-corrected chi connectivity index (χ0v) is 9.62. The van der Waals surface area contributed by atoms with Crippen molar-refractivity contribution in [1.82, 2.24) is 5.32 Å². The molecule has 1 unspecified atom stereocenters. The molecule has 1 aliphatic carbocycles. The Morgan fingerprint density at radius 1 is 1.12 bits per heavy atom. The highest BCUT2D eigenvalue weighted by atomic mass is 32.2. The number of rotatable bonds is 2. The maximum Gasteiger partial charge on any atom is 0.159 e. The van der Waals surface area contributed by atoms with Crippen LogP contribution in [0.2, 0.25) is 0 Å². The van der Waals surface area contributed by atoms with Gasteiger partial charge in [-0.2, -0.15) is 0 Å². The van der Waals surface area contributed by atoms with Crippen LogP contribution in [-0.2, 0) is 0 Å². The zero-order valence-electron chi connectivity index (χ0n) is 8.80. The van der Waals surface area contributed by atoms with Crippen LogP contribution in [0.25, 0.3) is 0 Å². The molecule has 1 fully saturated rings. The van der Waals surface area contributed by atoms with E-state index >= 15 is 0 Å². The smallest absolute Gasteiger partial charge is 0.159 e. The van der Waals surface area contributed by atoms with E-state index in [9.17, 15) is 8.78 Å². The van der Waals surface area contributed by atoms with E-state index in [1.54, 1.807) is 11.8 Å². The topological polar surface area (TPSA) is 12.0 Å². The van der Waals surface area contributed by atoms with E-state index in [1.165, 1.54) is 25.0 Å². The van der Waals surface area contributed by atoms with Crippen LogP contribution in [0, 0.1) is 11.6 Å². The SMILES string of the molecule is Fc1cc2c(cc1F)C(NC1CC1)CCS2. The standard InChI is InChI=1S/C12H13F2NS/c13-9-5-8-11(15-7-1-2-7)3-4-16-12(8)6-10(9)14/h5-7,11,15H,1-4H2. The monoisotopic (exact) mass is 241 g/mol. The van der Waals surface area contributed by atoms with E-state index in [2.05, 4.69) is 5.32 Å². The van der Waals surface area contributed by atoms with Gasteiger partial charge in [0.2, 0.25) is 0 Å². The summed E-state index contributed by atoms with van der Waals surface area (Å²) in [7, 11) is 0. The molecule has 0 amide bonds. The Labute approximate surface area is 97.6 Å². The van der Waals surface area contributed by atoms with Gasteiger partial charge in [0, 0.05) is 17.0 Å². The molecule has 0 spiro atoms. The van der Waals surface area contributed by atoms with Gasteiger partial charge in [-0.15, -0.1) is 11.8 Å². The van der Waals surface area contributed by atoms with Gasteiger partial charge in [0.1, 0.15) is 0 Å². The molecule has 1 heterocycles. The van der Waals surface area contributed by atoms with Gasteiger partial charge < -0.3 is 5.32 Å². The maximum absolute atomic E-state index is 13.2. The van der Waals surface area contributed by atoms with Crippen molar-refractivity contribution >= 4 is 11.8 Å². The molecule has 1 aliphatic heterocycles. The van der Waals surface area contributed by atoms with Crippen molar-refractivity contribution in [2.45, 2.75) is 36.2 Å². The number of hydrogen-bond acceptors (Lipinski definition) is 2. The number of halogens is 2. The summed E-state index contributed by atoms with van der Waals surface area (Å²) in [6, 6.07) is 3.49. The van der Waals surface area contributed by atoms with Crippen LogP contribution in [0.1, 0.15) is 30.9 Å². The molecule has 1 aromatic rings. The minimum absolute atomic E-state index is 0.207. The first-order chi connectivity index (χ1) is 7.74. The summed E-state index contributed by atoms with van der Waals surface area (Å²) < 4.78 is 26.3. The molecule has 4 heteroatoms. The predicted octanol–water partition coefficient (Wildman–Crippen LogP) is 3.25. The summed E-state index contributed by atoms with van der Waals surface area (Å²) in [4.78, 5) is 0.892. The average molecular weight is 241 g/mol. The molecule has 0 radical (unpaired) electrons. The van der Waals surface area contributed by atoms with E-state index in [0.29, 0.717) is 6.04 Å². The number of fused-ring (bicyclic) bond motifs is 1. The van der Waals surface area contributed by atoms with Crippen molar-refractivity contribution in [3.05, 3.63) is 29.3 Å². The maximum atomic E-state index is 13.2. The molecule has 2 aliphatic rings. The van der Waals surface area contributed by atoms with Gasteiger partial charge in [-0.05, 0) is 42.7 Å². The molecule has 1 nitrogen and oxygen atoms in total.